The maximum Gasteiger partial charge on any atom is 0.250 e. The quantitative estimate of drug-likeness (QED) is 0.701. The van der Waals surface area contributed by atoms with E-state index in [-0.39, 0.29) is 11.3 Å². The molecule has 0 unspecified atom stereocenters. The zero-order chi connectivity index (χ0) is 12.3. The number of primary amides is 1. The molecule has 2 rings (SSSR count). The van der Waals surface area contributed by atoms with Crippen LogP contribution in [0, 0.1) is 0 Å². The lowest BCUT2D eigenvalue weighted by molar-refractivity contribution is 0.100. The fraction of sp³-hybridized carbons (Fsp3) is 0.100. The van der Waals surface area contributed by atoms with Crippen LogP contribution in [0.5, 0.6) is 0 Å². The third-order valence-electron chi connectivity index (χ3n) is 2.14. The van der Waals surface area contributed by atoms with Gasteiger partial charge in [0, 0.05) is 6.07 Å². The number of anilines is 2. The molecule has 0 aliphatic carbocycles. The van der Waals surface area contributed by atoms with E-state index in [1.54, 1.807) is 12.3 Å². The third kappa shape index (κ3) is 2.51. The van der Waals surface area contributed by atoms with E-state index in [4.69, 9.17) is 16.0 Å². The summed E-state index contributed by atoms with van der Waals surface area (Å²) in [5.41, 5.74) is 11.2. The number of nitrogens with zero attached hydrogens (tertiary/aromatic N) is 2. The summed E-state index contributed by atoms with van der Waals surface area (Å²) in [5.74, 6) is 0.557. The predicted molar refractivity (Wildman–Crippen MR) is 61.0 cm³/mol. The van der Waals surface area contributed by atoms with Crippen molar-refractivity contribution in [2.45, 2.75) is 6.54 Å². The highest BCUT2D eigenvalue weighted by Crippen LogP contribution is 2.14. The van der Waals surface area contributed by atoms with E-state index in [9.17, 15) is 4.79 Å². The first-order valence-corrected chi connectivity index (χ1v) is 4.85. The molecule has 88 valence electrons. The molecule has 0 aromatic carbocycles. The molecule has 2 aromatic rings. The molecule has 2 heterocycles. The van der Waals surface area contributed by atoms with E-state index in [2.05, 4.69) is 15.5 Å². The molecule has 1 amide bonds. The smallest absolute Gasteiger partial charge is 0.250 e. The molecule has 5 N–H and O–H groups in total. The first-order chi connectivity index (χ1) is 8.16. The summed E-state index contributed by atoms with van der Waals surface area (Å²) in [5, 5.41) is 6.53. The summed E-state index contributed by atoms with van der Waals surface area (Å²) >= 11 is 0. The lowest BCUT2D eigenvalue weighted by Gasteiger charge is -2.06. The van der Waals surface area contributed by atoms with Crippen LogP contribution >= 0.6 is 0 Å². The second kappa shape index (κ2) is 4.52. The van der Waals surface area contributed by atoms with Crippen LogP contribution in [-0.2, 0) is 6.54 Å². The Morgan fingerprint density at radius 3 is 3.00 bits per heavy atom. The molecule has 0 spiro atoms. The zero-order valence-corrected chi connectivity index (χ0v) is 8.88. The van der Waals surface area contributed by atoms with E-state index in [0.29, 0.717) is 18.1 Å². The van der Waals surface area contributed by atoms with Crippen LogP contribution in [0.1, 0.15) is 16.1 Å². The summed E-state index contributed by atoms with van der Waals surface area (Å²) in [4.78, 5) is 15.1. The van der Waals surface area contributed by atoms with Crippen molar-refractivity contribution in [1.82, 2.24) is 10.1 Å². The van der Waals surface area contributed by atoms with Crippen LogP contribution in [-0.4, -0.2) is 16.0 Å². The van der Waals surface area contributed by atoms with Gasteiger partial charge < -0.3 is 21.3 Å². The van der Waals surface area contributed by atoms with Gasteiger partial charge in [-0.2, -0.15) is 0 Å². The van der Waals surface area contributed by atoms with Gasteiger partial charge in [0.2, 0.25) is 0 Å². The molecule has 0 fully saturated rings. The average molecular weight is 233 g/mol. The average Bonchev–Trinajstić information content (AvgIpc) is 2.80. The van der Waals surface area contributed by atoms with E-state index < -0.39 is 5.91 Å². The highest BCUT2D eigenvalue weighted by Gasteiger charge is 2.08. The molecule has 0 saturated heterocycles. The third-order valence-corrected chi connectivity index (χ3v) is 2.14. The standard InChI is InChI=1S/C10H11N5O2/c11-8-5-14-9(3-7(8)10(12)16)13-4-6-1-2-15-17-6/h1-3,5H,4,11H2,(H2,12,16)(H,13,14). The number of hydrogen-bond donors (Lipinski definition) is 3. The van der Waals surface area contributed by atoms with Crippen molar-refractivity contribution in [3.8, 4) is 0 Å². The fourth-order valence-electron chi connectivity index (χ4n) is 1.29. The number of nitrogens with one attached hydrogen (secondary N) is 1. The Morgan fingerprint density at radius 2 is 2.35 bits per heavy atom. The van der Waals surface area contributed by atoms with Gasteiger partial charge in [0.15, 0.2) is 5.76 Å². The Hall–Kier alpha value is -2.57. The SMILES string of the molecule is NC(=O)c1cc(NCc2ccno2)ncc1N. The first kappa shape index (κ1) is 10.9. The molecule has 7 nitrogen and oxygen atoms in total. The number of carbonyl (C=O) groups is 1. The molecule has 0 radical (unpaired) electrons. The molecule has 7 heteroatoms. The Kier molecular flexibility index (Phi) is 2.91. The highest BCUT2D eigenvalue weighted by molar-refractivity contribution is 5.98. The van der Waals surface area contributed by atoms with Crippen LogP contribution in [0.25, 0.3) is 0 Å². The van der Waals surface area contributed by atoms with Gasteiger partial charge in [-0.05, 0) is 6.07 Å². The Labute approximate surface area is 96.8 Å². The number of nitrogen functional groups attached to an aromatic ring is 1. The molecule has 0 bridgehead atoms. The van der Waals surface area contributed by atoms with Gasteiger partial charge in [-0.1, -0.05) is 5.16 Å². The highest BCUT2D eigenvalue weighted by atomic mass is 16.5. The van der Waals surface area contributed by atoms with Crippen molar-refractivity contribution in [2.24, 2.45) is 5.73 Å². The number of nitrogens with two attached hydrogens (primary N) is 2. The summed E-state index contributed by atoms with van der Waals surface area (Å²) in [6.45, 7) is 0.412. The van der Waals surface area contributed by atoms with Crippen LogP contribution in [0.3, 0.4) is 0 Å². The van der Waals surface area contributed by atoms with Crippen molar-refractivity contribution >= 4 is 17.4 Å². The summed E-state index contributed by atoms with van der Waals surface area (Å²) in [7, 11) is 0. The van der Waals surface area contributed by atoms with Crippen molar-refractivity contribution in [2.75, 3.05) is 11.1 Å². The molecule has 2 aromatic heterocycles. The van der Waals surface area contributed by atoms with Crippen LogP contribution in [0.2, 0.25) is 0 Å². The number of carbonyl (C=O) groups excluding carboxylic acids is 1. The minimum atomic E-state index is -0.590. The monoisotopic (exact) mass is 233 g/mol. The van der Waals surface area contributed by atoms with Gasteiger partial charge in [0.1, 0.15) is 5.82 Å². The maximum absolute atomic E-state index is 11.1. The van der Waals surface area contributed by atoms with Gasteiger partial charge in [0.25, 0.3) is 5.91 Å². The number of hydrogen-bond acceptors (Lipinski definition) is 6. The molecule has 0 aliphatic heterocycles. The molecular weight excluding hydrogens is 222 g/mol. The Morgan fingerprint density at radius 1 is 1.53 bits per heavy atom. The lowest BCUT2D eigenvalue weighted by atomic mass is 10.2. The van der Waals surface area contributed by atoms with Gasteiger partial charge >= 0.3 is 0 Å². The van der Waals surface area contributed by atoms with Gasteiger partial charge in [0.05, 0.1) is 30.2 Å². The number of rotatable bonds is 4. The molecule has 0 aliphatic rings. The number of amides is 1. The van der Waals surface area contributed by atoms with Gasteiger partial charge in [-0.3, -0.25) is 4.79 Å². The van der Waals surface area contributed by atoms with Crippen molar-refractivity contribution < 1.29 is 9.32 Å². The molecule has 0 atom stereocenters. The zero-order valence-electron chi connectivity index (χ0n) is 8.88. The maximum atomic E-state index is 11.1. The first-order valence-electron chi connectivity index (χ1n) is 4.85. The lowest BCUT2D eigenvalue weighted by Crippen LogP contribution is -2.14. The second-order valence-corrected chi connectivity index (χ2v) is 3.35. The van der Waals surface area contributed by atoms with Crippen molar-refractivity contribution in [1.29, 1.82) is 0 Å². The molecule has 0 saturated carbocycles. The van der Waals surface area contributed by atoms with Crippen LogP contribution < -0.4 is 16.8 Å². The summed E-state index contributed by atoms with van der Waals surface area (Å²) in [6, 6.07) is 3.22. The van der Waals surface area contributed by atoms with Crippen LogP contribution in [0.4, 0.5) is 11.5 Å². The van der Waals surface area contributed by atoms with Crippen molar-refractivity contribution in [3.05, 3.63) is 35.9 Å². The minimum absolute atomic E-state index is 0.236. The van der Waals surface area contributed by atoms with Gasteiger partial charge in [-0.25, -0.2) is 4.98 Å². The fourth-order valence-corrected chi connectivity index (χ4v) is 1.29. The van der Waals surface area contributed by atoms with E-state index >= 15 is 0 Å². The number of aromatic nitrogens is 2. The minimum Gasteiger partial charge on any atom is -0.397 e. The largest absolute Gasteiger partial charge is 0.397 e. The van der Waals surface area contributed by atoms with E-state index in [0.717, 1.165) is 0 Å². The number of pyridine rings is 1. The van der Waals surface area contributed by atoms with E-state index in [1.165, 1.54) is 12.3 Å². The molecular formula is C10H11N5O2. The van der Waals surface area contributed by atoms with Crippen LogP contribution in [0.15, 0.2) is 29.0 Å². The predicted octanol–water partition coefficient (Wildman–Crippen LogP) is 0.363. The topological polar surface area (TPSA) is 120 Å². The van der Waals surface area contributed by atoms with Crippen molar-refractivity contribution in [3.63, 3.8) is 0 Å². The summed E-state index contributed by atoms with van der Waals surface area (Å²) < 4.78 is 4.90. The van der Waals surface area contributed by atoms with Gasteiger partial charge in [-0.15, -0.1) is 0 Å². The van der Waals surface area contributed by atoms with E-state index in [1.807, 2.05) is 0 Å². The normalized spacial score (nSPS) is 10.1. The Bertz CT molecular complexity index is 523. The Balaban J connectivity index is 2.11. The summed E-state index contributed by atoms with van der Waals surface area (Å²) in [6.07, 6.45) is 2.92. The molecule has 17 heavy (non-hydrogen) atoms. The second-order valence-electron chi connectivity index (χ2n) is 3.35.